The van der Waals surface area contributed by atoms with Crippen molar-refractivity contribution in [1.82, 2.24) is 15.5 Å². The molecule has 0 amide bonds. The minimum atomic E-state index is -2.94. The van der Waals surface area contributed by atoms with Gasteiger partial charge in [-0.2, -0.15) is 10.2 Å². The van der Waals surface area contributed by atoms with Crippen molar-refractivity contribution in [3.8, 4) is 0 Å². The summed E-state index contributed by atoms with van der Waals surface area (Å²) in [6.45, 7) is 3.91. The maximum absolute atomic E-state index is 11.2. The standard InChI is InChI=1S/C12H21N3O2S/c1-5-11-10(8-9(2)14-15-11)12(13-3)6-7-18(4,16)17/h8,12-13H,5-7H2,1-4H3. The topological polar surface area (TPSA) is 72.0 Å². The lowest BCUT2D eigenvalue weighted by molar-refractivity contribution is 0.551. The maximum Gasteiger partial charge on any atom is 0.147 e. The summed E-state index contributed by atoms with van der Waals surface area (Å²) in [4.78, 5) is 0. The SMILES string of the molecule is CCc1nnc(C)cc1C(CCS(C)(=O)=O)NC. The van der Waals surface area contributed by atoms with E-state index < -0.39 is 9.84 Å². The van der Waals surface area contributed by atoms with E-state index >= 15 is 0 Å². The van der Waals surface area contributed by atoms with Crippen LogP contribution in [0.1, 0.15) is 36.3 Å². The van der Waals surface area contributed by atoms with E-state index in [4.69, 9.17) is 0 Å². The predicted octanol–water partition coefficient (Wildman–Crippen LogP) is 1.04. The second-order valence-electron chi connectivity index (χ2n) is 4.50. The molecule has 1 aromatic heterocycles. The minimum Gasteiger partial charge on any atom is -0.313 e. The zero-order valence-electron chi connectivity index (χ0n) is 11.4. The largest absolute Gasteiger partial charge is 0.313 e. The van der Waals surface area contributed by atoms with E-state index in [0.717, 1.165) is 23.4 Å². The number of nitrogens with one attached hydrogen (secondary N) is 1. The molecule has 1 atom stereocenters. The molecule has 18 heavy (non-hydrogen) atoms. The van der Waals surface area contributed by atoms with Crippen LogP contribution < -0.4 is 5.32 Å². The fourth-order valence-electron chi connectivity index (χ4n) is 1.90. The molecule has 0 aliphatic carbocycles. The maximum atomic E-state index is 11.2. The summed E-state index contributed by atoms with van der Waals surface area (Å²) >= 11 is 0. The van der Waals surface area contributed by atoms with Crippen molar-refractivity contribution < 1.29 is 8.42 Å². The van der Waals surface area contributed by atoms with Gasteiger partial charge in [0.05, 0.1) is 17.1 Å². The molecular formula is C12H21N3O2S. The molecule has 6 heteroatoms. The summed E-state index contributed by atoms with van der Waals surface area (Å²) in [5, 5.41) is 11.4. The van der Waals surface area contributed by atoms with E-state index in [1.807, 2.05) is 27.0 Å². The fourth-order valence-corrected chi connectivity index (χ4v) is 2.56. The summed E-state index contributed by atoms with van der Waals surface area (Å²) < 4.78 is 22.5. The predicted molar refractivity (Wildman–Crippen MR) is 72.3 cm³/mol. The van der Waals surface area contributed by atoms with Gasteiger partial charge in [0, 0.05) is 12.3 Å². The van der Waals surface area contributed by atoms with Crippen molar-refractivity contribution in [3.05, 3.63) is 23.0 Å². The Bertz CT molecular complexity index is 500. The number of hydrogen-bond donors (Lipinski definition) is 1. The van der Waals surface area contributed by atoms with Crippen LogP contribution in [0.25, 0.3) is 0 Å². The first-order valence-electron chi connectivity index (χ1n) is 6.05. The van der Waals surface area contributed by atoms with Gasteiger partial charge >= 0.3 is 0 Å². The minimum absolute atomic E-state index is 0.00359. The average Bonchev–Trinajstić information content (AvgIpc) is 2.28. The Hall–Kier alpha value is -1.01. The monoisotopic (exact) mass is 271 g/mol. The van der Waals surface area contributed by atoms with Gasteiger partial charge in [0.15, 0.2) is 0 Å². The van der Waals surface area contributed by atoms with E-state index in [2.05, 4.69) is 15.5 Å². The van der Waals surface area contributed by atoms with Crippen LogP contribution in [0, 0.1) is 6.92 Å². The van der Waals surface area contributed by atoms with E-state index in [1.165, 1.54) is 6.26 Å². The van der Waals surface area contributed by atoms with Gasteiger partial charge in [-0.1, -0.05) is 6.92 Å². The molecule has 0 aliphatic rings. The Kier molecular flexibility index (Phi) is 5.22. The fraction of sp³-hybridized carbons (Fsp3) is 0.667. The van der Waals surface area contributed by atoms with Crippen molar-refractivity contribution in [3.63, 3.8) is 0 Å². The second kappa shape index (κ2) is 6.24. The van der Waals surface area contributed by atoms with Gasteiger partial charge < -0.3 is 5.32 Å². The molecule has 0 radical (unpaired) electrons. The molecule has 0 saturated carbocycles. The Balaban J connectivity index is 2.97. The zero-order chi connectivity index (χ0) is 13.8. The summed E-state index contributed by atoms with van der Waals surface area (Å²) in [6.07, 6.45) is 2.60. The highest BCUT2D eigenvalue weighted by Crippen LogP contribution is 2.20. The highest BCUT2D eigenvalue weighted by Gasteiger charge is 2.17. The molecular weight excluding hydrogens is 250 g/mol. The van der Waals surface area contributed by atoms with Gasteiger partial charge in [-0.3, -0.25) is 0 Å². The van der Waals surface area contributed by atoms with Crippen molar-refractivity contribution in [2.75, 3.05) is 19.1 Å². The van der Waals surface area contributed by atoms with Crippen molar-refractivity contribution in [2.45, 2.75) is 32.7 Å². The first kappa shape index (κ1) is 15.0. The lowest BCUT2D eigenvalue weighted by Gasteiger charge is -2.18. The van der Waals surface area contributed by atoms with Crippen LogP contribution in [0.15, 0.2) is 6.07 Å². The average molecular weight is 271 g/mol. The van der Waals surface area contributed by atoms with Crippen molar-refractivity contribution in [1.29, 1.82) is 0 Å². The number of hydrogen-bond acceptors (Lipinski definition) is 5. The lowest BCUT2D eigenvalue weighted by atomic mass is 10.0. The molecule has 0 aromatic carbocycles. The first-order valence-corrected chi connectivity index (χ1v) is 8.11. The number of aryl methyl sites for hydroxylation is 2. The van der Waals surface area contributed by atoms with E-state index in [9.17, 15) is 8.42 Å². The quantitative estimate of drug-likeness (QED) is 0.837. The van der Waals surface area contributed by atoms with Crippen LogP contribution in [0.4, 0.5) is 0 Å². The Labute approximate surface area is 109 Å². The molecule has 0 saturated heterocycles. The third-order valence-electron chi connectivity index (χ3n) is 2.86. The molecule has 1 aromatic rings. The molecule has 1 N–H and O–H groups in total. The van der Waals surface area contributed by atoms with Crippen LogP contribution in [-0.4, -0.2) is 37.7 Å². The van der Waals surface area contributed by atoms with Crippen LogP contribution in [0.3, 0.4) is 0 Å². The molecule has 1 unspecified atom stereocenters. The summed E-state index contributed by atoms with van der Waals surface area (Å²) in [5.74, 6) is 0.170. The van der Waals surface area contributed by atoms with Gasteiger partial charge in [0.2, 0.25) is 0 Å². The summed E-state index contributed by atoms with van der Waals surface area (Å²) in [5.41, 5.74) is 2.83. The molecule has 0 aliphatic heterocycles. The first-order chi connectivity index (χ1) is 8.37. The normalized spacial score (nSPS) is 13.6. The summed E-state index contributed by atoms with van der Waals surface area (Å²) in [6, 6.07) is 1.99. The van der Waals surface area contributed by atoms with Crippen LogP contribution >= 0.6 is 0 Å². The number of aromatic nitrogens is 2. The van der Waals surface area contributed by atoms with Gasteiger partial charge in [-0.25, -0.2) is 8.42 Å². The van der Waals surface area contributed by atoms with Crippen molar-refractivity contribution >= 4 is 9.84 Å². The Morgan fingerprint density at radius 2 is 2.06 bits per heavy atom. The van der Waals surface area contributed by atoms with Crippen molar-refractivity contribution in [2.24, 2.45) is 0 Å². The smallest absolute Gasteiger partial charge is 0.147 e. The van der Waals surface area contributed by atoms with Crippen LogP contribution in [0.2, 0.25) is 0 Å². The van der Waals surface area contributed by atoms with E-state index in [-0.39, 0.29) is 11.8 Å². The van der Waals surface area contributed by atoms with Crippen LogP contribution in [0.5, 0.6) is 0 Å². The van der Waals surface area contributed by atoms with Gasteiger partial charge in [0.1, 0.15) is 9.84 Å². The van der Waals surface area contributed by atoms with Gasteiger partial charge in [0.25, 0.3) is 0 Å². The Morgan fingerprint density at radius 3 is 2.56 bits per heavy atom. The molecule has 1 heterocycles. The van der Waals surface area contributed by atoms with Crippen LogP contribution in [-0.2, 0) is 16.3 Å². The summed E-state index contributed by atoms with van der Waals surface area (Å²) in [7, 11) is -1.11. The molecule has 0 bridgehead atoms. The Morgan fingerprint density at radius 1 is 1.39 bits per heavy atom. The molecule has 0 fully saturated rings. The van der Waals surface area contributed by atoms with E-state index in [0.29, 0.717) is 6.42 Å². The highest BCUT2D eigenvalue weighted by molar-refractivity contribution is 7.90. The number of nitrogens with zero attached hydrogens (tertiary/aromatic N) is 2. The lowest BCUT2D eigenvalue weighted by Crippen LogP contribution is -2.22. The molecule has 5 nitrogen and oxygen atoms in total. The molecule has 1 rings (SSSR count). The molecule has 0 spiro atoms. The van der Waals surface area contributed by atoms with E-state index in [1.54, 1.807) is 0 Å². The zero-order valence-corrected chi connectivity index (χ0v) is 12.2. The third-order valence-corrected chi connectivity index (χ3v) is 3.84. The number of rotatable bonds is 6. The highest BCUT2D eigenvalue weighted by atomic mass is 32.2. The second-order valence-corrected chi connectivity index (χ2v) is 6.76. The number of sulfone groups is 1. The van der Waals surface area contributed by atoms with Gasteiger partial charge in [-0.15, -0.1) is 0 Å². The van der Waals surface area contributed by atoms with Gasteiger partial charge in [-0.05, 0) is 38.4 Å². The molecule has 102 valence electrons. The third kappa shape index (κ3) is 4.34.